The third kappa shape index (κ3) is 15.0. The second-order valence-corrected chi connectivity index (χ2v) is 5.73. The van der Waals surface area contributed by atoms with Crippen LogP contribution in [0.2, 0.25) is 0 Å². The highest BCUT2D eigenvalue weighted by atomic mass is 16.5. The maximum atomic E-state index is 10.9. The molecule has 0 aromatic heterocycles. The van der Waals surface area contributed by atoms with Gasteiger partial charge in [0, 0.05) is 13.3 Å². The van der Waals surface area contributed by atoms with Crippen LogP contribution in [0.3, 0.4) is 0 Å². The molecule has 0 saturated heterocycles. The van der Waals surface area contributed by atoms with E-state index in [1.165, 1.54) is 39.0 Å². The first kappa shape index (κ1) is 20.6. The molecule has 3 heteroatoms. The van der Waals surface area contributed by atoms with Gasteiger partial charge in [0.2, 0.25) is 0 Å². The van der Waals surface area contributed by atoms with E-state index < -0.39 is 0 Å². The topological polar surface area (TPSA) is 43.4 Å². The van der Waals surface area contributed by atoms with E-state index in [1.54, 1.807) is 6.92 Å². The maximum absolute atomic E-state index is 10.9. The number of carbonyl (C=O) groups is 2. The Hall–Kier alpha value is -1.38. The largest absolute Gasteiger partial charge is 0.458 e. The Balaban J connectivity index is 3.50. The molecule has 0 spiro atoms. The van der Waals surface area contributed by atoms with E-state index in [9.17, 15) is 9.59 Å². The highest BCUT2D eigenvalue weighted by Gasteiger charge is 2.03. The van der Waals surface area contributed by atoms with E-state index in [4.69, 9.17) is 4.74 Å². The first-order chi connectivity index (χ1) is 10.6. The highest BCUT2D eigenvalue weighted by Crippen LogP contribution is 2.09. The summed E-state index contributed by atoms with van der Waals surface area (Å²) < 4.78 is 5.13. The number of hydrogen-bond donors (Lipinski definition) is 0. The summed E-state index contributed by atoms with van der Waals surface area (Å²) in [6.07, 6.45) is 17.7. The van der Waals surface area contributed by atoms with E-state index in [2.05, 4.69) is 6.08 Å². The molecular weight excluding hydrogens is 276 g/mol. The summed E-state index contributed by atoms with van der Waals surface area (Å²) in [5.74, 6) is 0.0704. The number of carbonyl (C=O) groups excluding carboxylic acids is 2. The Labute approximate surface area is 135 Å². The van der Waals surface area contributed by atoms with Gasteiger partial charge in [-0.15, -0.1) is 0 Å². The van der Waals surface area contributed by atoms with Crippen molar-refractivity contribution in [3.05, 3.63) is 24.3 Å². The SMILES string of the molecule is CCC(C=CC=CCCCCCCCCC(C)=O)OC(C)=O. The van der Waals surface area contributed by atoms with Crippen molar-refractivity contribution in [1.29, 1.82) is 0 Å². The van der Waals surface area contributed by atoms with Crippen LogP contribution in [0.5, 0.6) is 0 Å². The molecule has 1 atom stereocenters. The van der Waals surface area contributed by atoms with Crippen LogP contribution in [0, 0.1) is 0 Å². The van der Waals surface area contributed by atoms with Gasteiger partial charge < -0.3 is 9.53 Å². The lowest BCUT2D eigenvalue weighted by Gasteiger charge is -2.09. The van der Waals surface area contributed by atoms with E-state index in [1.807, 2.05) is 25.2 Å². The third-order valence-corrected chi connectivity index (χ3v) is 3.44. The van der Waals surface area contributed by atoms with E-state index in [0.29, 0.717) is 5.78 Å². The van der Waals surface area contributed by atoms with Crippen LogP contribution in [0.25, 0.3) is 0 Å². The van der Waals surface area contributed by atoms with Crippen molar-refractivity contribution < 1.29 is 14.3 Å². The summed E-state index contributed by atoms with van der Waals surface area (Å²) in [5.41, 5.74) is 0. The number of esters is 1. The van der Waals surface area contributed by atoms with Crippen molar-refractivity contribution in [2.24, 2.45) is 0 Å². The first-order valence-corrected chi connectivity index (χ1v) is 8.56. The molecule has 0 fully saturated rings. The van der Waals surface area contributed by atoms with Gasteiger partial charge in [0.05, 0.1) is 0 Å². The second kappa shape index (κ2) is 14.6. The van der Waals surface area contributed by atoms with E-state index in [0.717, 1.165) is 25.7 Å². The van der Waals surface area contributed by atoms with Crippen molar-refractivity contribution in [3.8, 4) is 0 Å². The molecule has 0 aliphatic rings. The monoisotopic (exact) mass is 308 g/mol. The lowest BCUT2D eigenvalue weighted by atomic mass is 10.1. The molecule has 0 amide bonds. The summed E-state index contributed by atoms with van der Waals surface area (Å²) in [4.78, 5) is 21.6. The smallest absolute Gasteiger partial charge is 0.303 e. The van der Waals surface area contributed by atoms with Gasteiger partial charge in [0.25, 0.3) is 0 Å². The van der Waals surface area contributed by atoms with Crippen LogP contribution in [-0.4, -0.2) is 17.9 Å². The van der Waals surface area contributed by atoms with Gasteiger partial charge >= 0.3 is 5.97 Å². The summed E-state index contributed by atoms with van der Waals surface area (Å²) in [6, 6.07) is 0. The number of ether oxygens (including phenoxy) is 1. The van der Waals surface area contributed by atoms with E-state index in [-0.39, 0.29) is 12.1 Å². The molecule has 0 aliphatic carbocycles. The summed E-state index contributed by atoms with van der Waals surface area (Å²) in [5, 5.41) is 0. The fraction of sp³-hybridized carbons (Fsp3) is 0.684. The second-order valence-electron chi connectivity index (χ2n) is 5.73. The van der Waals surface area contributed by atoms with Crippen molar-refractivity contribution in [2.75, 3.05) is 0 Å². The fourth-order valence-corrected chi connectivity index (χ4v) is 2.18. The molecule has 0 bridgehead atoms. The van der Waals surface area contributed by atoms with Crippen molar-refractivity contribution in [1.82, 2.24) is 0 Å². The molecule has 1 unspecified atom stereocenters. The zero-order valence-electron chi connectivity index (χ0n) is 14.5. The maximum Gasteiger partial charge on any atom is 0.303 e. The van der Waals surface area contributed by atoms with Crippen LogP contribution in [0.15, 0.2) is 24.3 Å². The Bertz CT molecular complexity index is 356. The zero-order valence-corrected chi connectivity index (χ0v) is 14.5. The molecule has 22 heavy (non-hydrogen) atoms. The standard InChI is InChI=1S/C19H32O3/c1-4-19(22-18(3)21)16-14-12-10-8-6-5-7-9-11-13-15-17(2)20/h10,12,14,16,19H,4-9,11,13,15H2,1-3H3. The van der Waals surface area contributed by atoms with Gasteiger partial charge in [0.1, 0.15) is 11.9 Å². The Kier molecular flexibility index (Phi) is 13.6. The molecule has 0 aliphatic heterocycles. The lowest BCUT2D eigenvalue weighted by Crippen LogP contribution is -2.11. The first-order valence-electron chi connectivity index (χ1n) is 8.56. The van der Waals surface area contributed by atoms with Crippen molar-refractivity contribution in [3.63, 3.8) is 0 Å². The average Bonchev–Trinajstić information content (AvgIpc) is 2.46. The lowest BCUT2D eigenvalue weighted by molar-refractivity contribution is -0.144. The average molecular weight is 308 g/mol. The van der Waals surface area contributed by atoms with Crippen LogP contribution in [-0.2, 0) is 14.3 Å². The Morgan fingerprint density at radius 1 is 0.955 bits per heavy atom. The van der Waals surface area contributed by atoms with Crippen LogP contribution in [0.4, 0.5) is 0 Å². The van der Waals surface area contributed by atoms with Crippen molar-refractivity contribution >= 4 is 11.8 Å². The predicted molar refractivity (Wildman–Crippen MR) is 91.7 cm³/mol. The van der Waals surface area contributed by atoms with Gasteiger partial charge in [-0.3, -0.25) is 4.79 Å². The van der Waals surface area contributed by atoms with Gasteiger partial charge in [-0.25, -0.2) is 0 Å². The third-order valence-electron chi connectivity index (χ3n) is 3.44. The van der Waals surface area contributed by atoms with Crippen LogP contribution < -0.4 is 0 Å². The fourth-order valence-electron chi connectivity index (χ4n) is 2.18. The molecule has 0 saturated carbocycles. The molecular formula is C19H32O3. The molecule has 0 heterocycles. The highest BCUT2D eigenvalue weighted by molar-refractivity contribution is 5.75. The minimum Gasteiger partial charge on any atom is -0.458 e. The number of ketones is 1. The van der Waals surface area contributed by atoms with Crippen LogP contribution in [0.1, 0.15) is 78.6 Å². The normalized spacial score (nSPS) is 12.9. The van der Waals surface area contributed by atoms with Gasteiger partial charge in [-0.1, -0.05) is 50.8 Å². The molecule has 3 nitrogen and oxygen atoms in total. The molecule has 0 aromatic carbocycles. The molecule has 0 radical (unpaired) electrons. The quantitative estimate of drug-likeness (QED) is 0.268. The molecule has 0 N–H and O–H groups in total. The van der Waals surface area contributed by atoms with Gasteiger partial charge in [-0.2, -0.15) is 0 Å². The van der Waals surface area contributed by atoms with E-state index >= 15 is 0 Å². The number of allylic oxidation sites excluding steroid dienone is 3. The predicted octanol–water partition coefficient (Wildman–Crippen LogP) is 5.15. The number of Topliss-reactive ketones (excluding diaryl/α,β-unsaturated/α-hetero) is 1. The summed E-state index contributed by atoms with van der Waals surface area (Å²) >= 11 is 0. The van der Waals surface area contributed by atoms with Crippen LogP contribution >= 0.6 is 0 Å². The van der Waals surface area contributed by atoms with Gasteiger partial charge in [-0.05, 0) is 38.7 Å². The summed E-state index contributed by atoms with van der Waals surface area (Å²) in [7, 11) is 0. The zero-order chi connectivity index (χ0) is 16.6. The molecule has 0 rings (SSSR count). The van der Waals surface area contributed by atoms with Gasteiger partial charge in [0.15, 0.2) is 0 Å². The molecule has 0 aromatic rings. The molecule has 126 valence electrons. The number of rotatable bonds is 13. The number of hydrogen-bond acceptors (Lipinski definition) is 3. The minimum atomic E-state index is -0.233. The minimum absolute atomic E-state index is 0.114. The Morgan fingerprint density at radius 2 is 1.59 bits per heavy atom. The Morgan fingerprint density at radius 3 is 2.18 bits per heavy atom. The van der Waals surface area contributed by atoms with Crippen molar-refractivity contribution in [2.45, 2.75) is 84.7 Å². The number of unbranched alkanes of at least 4 members (excludes halogenated alkanes) is 6. The summed E-state index contributed by atoms with van der Waals surface area (Å²) in [6.45, 7) is 5.10.